The van der Waals surface area contributed by atoms with Crippen molar-refractivity contribution in [3.63, 3.8) is 0 Å². The molecule has 1 heterocycles. The van der Waals surface area contributed by atoms with Crippen LogP contribution in [0.4, 0.5) is 0 Å². The Morgan fingerprint density at radius 2 is 1.50 bits per heavy atom. The van der Waals surface area contributed by atoms with Gasteiger partial charge in [-0.25, -0.2) is 0 Å². The highest BCUT2D eigenvalue weighted by Crippen LogP contribution is 2.10. The molecule has 0 atom stereocenters. The van der Waals surface area contributed by atoms with E-state index in [9.17, 15) is 0 Å². The molecule has 0 aliphatic carbocycles. The molecule has 1 aliphatic rings. The Labute approximate surface area is 124 Å². The quantitative estimate of drug-likeness (QED) is 0.910. The van der Waals surface area contributed by atoms with Crippen LogP contribution >= 0.6 is 0 Å². The summed E-state index contributed by atoms with van der Waals surface area (Å²) in [7, 11) is 2.20. The Bertz CT molecular complexity index is 397. The van der Waals surface area contributed by atoms with Gasteiger partial charge in [0.2, 0.25) is 0 Å². The Kier molecular flexibility index (Phi) is 5.19. The number of hydrogen-bond acceptors (Lipinski definition) is 3. The Balaban J connectivity index is 1.82. The maximum atomic E-state index is 3.53. The highest BCUT2D eigenvalue weighted by atomic mass is 15.2. The molecule has 0 aromatic heterocycles. The second-order valence-electron chi connectivity index (χ2n) is 7.00. The van der Waals surface area contributed by atoms with Crippen molar-refractivity contribution in [3.05, 3.63) is 35.4 Å². The Hall–Kier alpha value is -0.900. The van der Waals surface area contributed by atoms with E-state index in [2.05, 4.69) is 67.2 Å². The summed E-state index contributed by atoms with van der Waals surface area (Å²) in [5, 5.41) is 3.53. The van der Waals surface area contributed by atoms with Crippen molar-refractivity contribution in [1.82, 2.24) is 15.1 Å². The molecule has 0 bridgehead atoms. The average molecular weight is 275 g/mol. The molecule has 3 heteroatoms. The molecule has 1 N–H and O–H groups in total. The zero-order valence-electron chi connectivity index (χ0n) is 13.4. The molecule has 1 fully saturated rings. The predicted molar refractivity (Wildman–Crippen MR) is 85.8 cm³/mol. The summed E-state index contributed by atoms with van der Waals surface area (Å²) in [6, 6.07) is 9.06. The van der Waals surface area contributed by atoms with E-state index in [0.29, 0.717) is 0 Å². The van der Waals surface area contributed by atoms with E-state index in [1.807, 2.05) is 0 Å². The van der Waals surface area contributed by atoms with Crippen molar-refractivity contribution in [2.24, 2.45) is 0 Å². The van der Waals surface area contributed by atoms with Crippen molar-refractivity contribution >= 4 is 0 Å². The second-order valence-corrected chi connectivity index (χ2v) is 7.00. The first-order valence-corrected chi connectivity index (χ1v) is 7.66. The van der Waals surface area contributed by atoms with Gasteiger partial charge in [0.1, 0.15) is 0 Å². The van der Waals surface area contributed by atoms with E-state index in [4.69, 9.17) is 0 Å². The lowest BCUT2D eigenvalue weighted by atomic mass is 10.1. The monoisotopic (exact) mass is 275 g/mol. The zero-order valence-corrected chi connectivity index (χ0v) is 13.4. The van der Waals surface area contributed by atoms with E-state index in [1.54, 1.807) is 0 Å². The Morgan fingerprint density at radius 3 is 2.05 bits per heavy atom. The summed E-state index contributed by atoms with van der Waals surface area (Å²) in [6.07, 6.45) is 0. The lowest BCUT2D eigenvalue weighted by molar-refractivity contribution is 0.148. The molecule has 1 aliphatic heterocycles. The van der Waals surface area contributed by atoms with Gasteiger partial charge in [0, 0.05) is 44.8 Å². The standard InChI is InChI=1S/C17H29N3/c1-17(2,3)18-13-15-5-7-16(8-6-15)14-20-11-9-19(4)10-12-20/h5-8,18H,9-14H2,1-4H3. The number of benzene rings is 1. The minimum Gasteiger partial charge on any atom is -0.308 e. The third-order valence-electron chi connectivity index (χ3n) is 3.85. The summed E-state index contributed by atoms with van der Waals surface area (Å²) in [4.78, 5) is 4.94. The van der Waals surface area contributed by atoms with Crippen LogP contribution < -0.4 is 5.32 Å². The summed E-state index contributed by atoms with van der Waals surface area (Å²) in [6.45, 7) is 13.4. The molecule has 2 rings (SSSR count). The molecule has 0 saturated carbocycles. The van der Waals surface area contributed by atoms with Crippen LogP contribution in [-0.4, -0.2) is 48.6 Å². The van der Waals surface area contributed by atoms with Crippen molar-refractivity contribution in [2.75, 3.05) is 33.2 Å². The molecule has 112 valence electrons. The molecule has 1 saturated heterocycles. The second kappa shape index (κ2) is 6.70. The molecule has 3 nitrogen and oxygen atoms in total. The van der Waals surface area contributed by atoms with Gasteiger partial charge < -0.3 is 10.2 Å². The minimum absolute atomic E-state index is 0.179. The summed E-state index contributed by atoms with van der Waals surface area (Å²) < 4.78 is 0. The van der Waals surface area contributed by atoms with Crippen LogP contribution in [0, 0.1) is 0 Å². The smallest absolute Gasteiger partial charge is 0.0234 e. The average Bonchev–Trinajstić information content (AvgIpc) is 2.40. The van der Waals surface area contributed by atoms with Crippen molar-refractivity contribution in [2.45, 2.75) is 39.4 Å². The summed E-state index contributed by atoms with van der Waals surface area (Å²) in [5.74, 6) is 0. The highest BCUT2D eigenvalue weighted by molar-refractivity contribution is 5.22. The number of nitrogens with one attached hydrogen (secondary N) is 1. The van der Waals surface area contributed by atoms with Gasteiger partial charge >= 0.3 is 0 Å². The van der Waals surface area contributed by atoms with E-state index >= 15 is 0 Å². The number of piperazine rings is 1. The maximum absolute atomic E-state index is 3.53. The third kappa shape index (κ3) is 5.23. The van der Waals surface area contributed by atoms with Crippen LogP contribution in [0.15, 0.2) is 24.3 Å². The predicted octanol–water partition coefficient (Wildman–Crippen LogP) is 2.32. The fourth-order valence-corrected chi connectivity index (χ4v) is 2.39. The first-order valence-electron chi connectivity index (χ1n) is 7.66. The van der Waals surface area contributed by atoms with Crippen LogP contribution in [-0.2, 0) is 13.1 Å². The largest absolute Gasteiger partial charge is 0.308 e. The van der Waals surface area contributed by atoms with E-state index < -0.39 is 0 Å². The van der Waals surface area contributed by atoms with Crippen LogP contribution in [0.2, 0.25) is 0 Å². The van der Waals surface area contributed by atoms with Crippen molar-refractivity contribution in [1.29, 1.82) is 0 Å². The zero-order chi connectivity index (χ0) is 14.6. The van der Waals surface area contributed by atoms with Gasteiger partial charge in [-0.15, -0.1) is 0 Å². The molecule has 0 spiro atoms. The first kappa shape index (κ1) is 15.5. The molecular formula is C17H29N3. The van der Waals surface area contributed by atoms with Gasteiger partial charge in [-0.2, -0.15) is 0 Å². The van der Waals surface area contributed by atoms with Gasteiger partial charge in [-0.05, 0) is 38.9 Å². The topological polar surface area (TPSA) is 18.5 Å². The van der Waals surface area contributed by atoms with Crippen LogP contribution in [0.1, 0.15) is 31.9 Å². The molecule has 1 aromatic rings. The van der Waals surface area contributed by atoms with Crippen LogP contribution in [0.3, 0.4) is 0 Å². The number of rotatable bonds is 4. The van der Waals surface area contributed by atoms with E-state index in [0.717, 1.165) is 13.1 Å². The number of hydrogen-bond donors (Lipinski definition) is 1. The molecular weight excluding hydrogens is 246 g/mol. The number of nitrogens with zero attached hydrogens (tertiary/aromatic N) is 2. The fourth-order valence-electron chi connectivity index (χ4n) is 2.39. The SMILES string of the molecule is CN1CCN(Cc2ccc(CNC(C)(C)C)cc2)CC1. The van der Waals surface area contributed by atoms with Gasteiger partial charge in [-0.3, -0.25) is 4.90 Å². The third-order valence-corrected chi connectivity index (χ3v) is 3.85. The molecule has 20 heavy (non-hydrogen) atoms. The van der Waals surface area contributed by atoms with Gasteiger partial charge in [-0.1, -0.05) is 24.3 Å². The van der Waals surface area contributed by atoms with Gasteiger partial charge in [0.15, 0.2) is 0 Å². The molecule has 0 unspecified atom stereocenters. The lowest BCUT2D eigenvalue weighted by Crippen LogP contribution is -2.43. The van der Waals surface area contributed by atoms with Crippen molar-refractivity contribution in [3.8, 4) is 0 Å². The van der Waals surface area contributed by atoms with Crippen LogP contribution in [0.25, 0.3) is 0 Å². The normalized spacial score (nSPS) is 18.4. The van der Waals surface area contributed by atoms with Gasteiger partial charge in [0.05, 0.1) is 0 Å². The van der Waals surface area contributed by atoms with Crippen molar-refractivity contribution < 1.29 is 0 Å². The highest BCUT2D eigenvalue weighted by Gasteiger charge is 2.13. The lowest BCUT2D eigenvalue weighted by Gasteiger charge is -2.32. The summed E-state index contributed by atoms with van der Waals surface area (Å²) in [5.41, 5.74) is 2.97. The van der Waals surface area contributed by atoms with Gasteiger partial charge in [0.25, 0.3) is 0 Å². The minimum atomic E-state index is 0.179. The van der Waals surface area contributed by atoms with Crippen LogP contribution in [0.5, 0.6) is 0 Å². The van der Waals surface area contributed by atoms with E-state index in [-0.39, 0.29) is 5.54 Å². The summed E-state index contributed by atoms with van der Waals surface area (Å²) >= 11 is 0. The first-order chi connectivity index (χ1) is 9.42. The maximum Gasteiger partial charge on any atom is 0.0234 e. The number of likely N-dealkylation sites (N-methyl/N-ethyl adjacent to an activating group) is 1. The Morgan fingerprint density at radius 1 is 0.950 bits per heavy atom. The molecule has 0 radical (unpaired) electrons. The fraction of sp³-hybridized carbons (Fsp3) is 0.647. The molecule has 1 aromatic carbocycles. The van der Waals surface area contributed by atoms with E-state index in [1.165, 1.54) is 37.3 Å². The molecule has 0 amide bonds.